The van der Waals surface area contributed by atoms with Crippen LogP contribution in [0.15, 0.2) is 0 Å². The van der Waals surface area contributed by atoms with E-state index in [9.17, 15) is 14.7 Å². The highest BCUT2D eigenvalue weighted by Crippen LogP contribution is 2.38. The van der Waals surface area contributed by atoms with Crippen molar-refractivity contribution >= 4 is 11.9 Å². The number of aliphatic carboxylic acids is 1. The topological polar surface area (TPSA) is 75.6 Å². The van der Waals surface area contributed by atoms with Crippen LogP contribution in [0.3, 0.4) is 0 Å². The molecular weight excluding hydrogens is 258 g/mol. The van der Waals surface area contributed by atoms with E-state index in [1.165, 1.54) is 0 Å². The maximum absolute atomic E-state index is 11.7. The molecule has 20 heavy (non-hydrogen) atoms. The molecule has 0 bridgehead atoms. The molecule has 1 amide bonds. The highest BCUT2D eigenvalue weighted by atomic mass is 16.5. The largest absolute Gasteiger partial charge is 0.481 e. The van der Waals surface area contributed by atoms with Crippen LogP contribution in [-0.2, 0) is 14.3 Å². The molecule has 1 aliphatic carbocycles. The molecule has 0 saturated heterocycles. The van der Waals surface area contributed by atoms with Crippen molar-refractivity contribution in [3.8, 4) is 0 Å². The van der Waals surface area contributed by atoms with Gasteiger partial charge in [-0.3, -0.25) is 9.59 Å². The first-order valence-electron chi connectivity index (χ1n) is 7.58. The number of rotatable bonds is 8. The summed E-state index contributed by atoms with van der Waals surface area (Å²) in [5.74, 6) is -0.271. The summed E-state index contributed by atoms with van der Waals surface area (Å²) in [5, 5.41) is 12.3. The van der Waals surface area contributed by atoms with Gasteiger partial charge in [0.15, 0.2) is 0 Å². The van der Waals surface area contributed by atoms with E-state index in [2.05, 4.69) is 12.2 Å². The van der Waals surface area contributed by atoms with Crippen LogP contribution < -0.4 is 5.32 Å². The standard InChI is InChI=1S/C15H27NO4/c1-3-20-10-4-5-13(17)16-11-15(14(18)19)8-6-12(2)7-9-15/h12H,3-11H2,1-2H3,(H,16,17)(H,18,19). The van der Waals surface area contributed by atoms with Gasteiger partial charge in [0.25, 0.3) is 0 Å². The van der Waals surface area contributed by atoms with Crippen LogP contribution in [0.4, 0.5) is 0 Å². The summed E-state index contributed by atoms with van der Waals surface area (Å²) in [4.78, 5) is 23.2. The number of carbonyl (C=O) groups is 2. The molecule has 0 aliphatic heterocycles. The summed E-state index contributed by atoms with van der Waals surface area (Å²) in [6.07, 6.45) is 4.23. The van der Waals surface area contributed by atoms with E-state index in [-0.39, 0.29) is 12.5 Å². The van der Waals surface area contributed by atoms with Crippen molar-refractivity contribution in [1.29, 1.82) is 0 Å². The Labute approximate surface area is 121 Å². The summed E-state index contributed by atoms with van der Waals surface area (Å²) in [6.45, 7) is 5.55. The first-order chi connectivity index (χ1) is 9.50. The maximum Gasteiger partial charge on any atom is 0.311 e. The molecule has 0 spiro atoms. The molecule has 1 fully saturated rings. The Balaban J connectivity index is 2.36. The quantitative estimate of drug-likeness (QED) is 0.670. The van der Waals surface area contributed by atoms with Crippen LogP contribution in [0.2, 0.25) is 0 Å². The van der Waals surface area contributed by atoms with Crippen LogP contribution in [0, 0.1) is 11.3 Å². The van der Waals surface area contributed by atoms with Crippen LogP contribution in [0.25, 0.3) is 0 Å². The predicted octanol–water partition coefficient (Wildman–Crippen LogP) is 2.20. The van der Waals surface area contributed by atoms with Gasteiger partial charge in [0.2, 0.25) is 5.91 Å². The average Bonchev–Trinajstić information content (AvgIpc) is 2.43. The number of hydrogen-bond donors (Lipinski definition) is 2. The van der Waals surface area contributed by atoms with Crippen molar-refractivity contribution in [2.45, 2.75) is 52.4 Å². The lowest BCUT2D eigenvalue weighted by molar-refractivity contribution is -0.151. The third-order valence-electron chi connectivity index (χ3n) is 4.21. The zero-order chi connectivity index (χ0) is 15.0. The van der Waals surface area contributed by atoms with Crippen molar-refractivity contribution in [2.24, 2.45) is 11.3 Å². The summed E-state index contributed by atoms with van der Waals surface area (Å²) in [6, 6.07) is 0. The fourth-order valence-electron chi connectivity index (χ4n) is 2.62. The molecule has 2 N–H and O–H groups in total. The number of carbonyl (C=O) groups excluding carboxylic acids is 1. The molecule has 1 saturated carbocycles. The zero-order valence-corrected chi connectivity index (χ0v) is 12.6. The highest BCUT2D eigenvalue weighted by Gasteiger charge is 2.41. The summed E-state index contributed by atoms with van der Waals surface area (Å²) < 4.78 is 5.17. The number of ether oxygens (including phenoxy) is 1. The molecule has 5 nitrogen and oxygen atoms in total. The Morgan fingerprint density at radius 3 is 2.55 bits per heavy atom. The number of carboxylic acids is 1. The molecule has 0 aromatic heterocycles. The molecule has 1 rings (SSSR count). The molecule has 0 heterocycles. The van der Waals surface area contributed by atoms with E-state index in [0.717, 1.165) is 12.8 Å². The molecular formula is C15H27NO4. The third-order valence-corrected chi connectivity index (χ3v) is 4.21. The Morgan fingerprint density at radius 1 is 1.35 bits per heavy atom. The molecule has 0 radical (unpaired) electrons. The Hall–Kier alpha value is -1.10. The second-order valence-electron chi connectivity index (χ2n) is 5.85. The first-order valence-corrected chi connectivity index (χ1v) is 7.58. The van der Waals surface area contributed by atoms with Crippen LogP contribution >= 0.6 is 0 Å². The molecule has 0 aromatic rings. The summed E-state index contributed by atoms with van der Waals surface area (Å²) in [7, 11) is 0. The lowest BCUT2D eigenvalue weighted by Crippen LogP contribution is -2.45. The second-order valence-corrected chi connectivity index (χ2v) is 5.85. The zero-order valence-electron chi connectivity index (χ0n) is 12.6. The average molecular weight is 285 g/mol. The highest BCUT2D eigenvalue weighted by molar-refractivity contribution is 5.79. The predicted molar refractivity (Wildman–Crippen MR) is 76.4 cm³/mol. The molecule has 1 aliphatic rings. The second kappa shape index (κ2) is 8.25. The Bertz CT molecular complexity index is 322. The van der Waals surface area contributed by atoms with E-state index < -0.39 is 11.4 Å². The number of amides is 1. The molecule has 0 unspecified atom stereocenters. The van der Waals surface area contributed by atoms with Gasteiger partial charge in [-0.15, -0.1) is 0 Å². The van der Waals surface area contributed by atoms with Gasteiger partial charge in [-0.2, -0.15) is 0 Å². The van der Waals surface area contributed by atoms with Gasteiger partial charge in [-0.1, -0.05) is 6.92 Å². The fraction of sp³-hybridized carbons (Fsp3) is 0.867. The maximum atomic E-state index is 11.7. The molecule has 0 atom stereocenters. The van der Waals surface area contributed by atoms with Gasteiger partial charge in [0, 0.05) is 26.2 Å². The van der Waals surface area contributed by atoms with Crippen molar-refractivity contribution in [2.75, 3.05) is 19.8 Å². The number of hydrogen-bond acceptors (Lipinski definition) is 3. The Morgan fingerprint density at radius 2 is 2.00 bits per heavy atom. The van der Waals surface area contributed by atoms with Crippen molar-refractivity contribution in [1.82, 2.24) is 5.32 Å². The van der Waals surface area contributed by atoms with Gasteiger partial charge in [0.05, 0.1) is 5.41 Å². The van der Waals surface area contributed by atoms with E-state index in [0.29, 0.717) is 44.8 Å². The lowest BCUT2D eigenvalue weighted by atomic mass is 9.71. The number of nitrogens with one attached hydrogen (secondary N) is 1. The molecule has 116 valence electrons. The summed E-state index contributed by atoms with van der Waals surface area (Å²) in [5.41, 5.74) is -0.762. The van der Waals surface area contributed by atoms with Gasteiger partial charge in [0.1, 0.15) is 0 Å². The van der Waals surface area contributed by atoms with E-state index in [1.807, 2.05) is 6.92 Å². The SMILES string of the molecule is CCOCCCC(=O)NCC1(C(=O)O)CCC(C)CC1. The summed E-state index contributed by atoms with van der Waals surface area (Å²) >= 11 is 0. The lowest BCUT2D eigenvalue weighted by Gasteiger charge is -2.35. The van der Waals surface area contributed by atoms with E-state index >= 15 is 0 Å². The van der Waals surface area contributed by atoms with E-state index in [1.54, 1.807) is 0 Å². The van der Waals surface area contributed by atoms with Crippen molar-refractivity contribution < 1.29 is 19.4 Å². The fourth-order valence-corrected chi connectivity index (χ4v) is 2.62. The van der Waals surface area contributed by atoms with Crippen LogP contribution in [-0.4, -0.2) is 36.7 Å². The first kappa shape index (κ1) is 17.0. The van der Waals surface area contributed by atoms with Gasteiger partial charge >= 0.3 is 5.97 Å². The smallest absolute Gasteiger partial charge is 0.311 e. The van der Waals surface area contributed by atoms with Gasteiger partial charge in [-0.05, 0) is 44.9 Å². The molecule has 0 aromatic carbocycles. The monoisotopic (exact) mass is 285 g/mol. The normalized spacial score (nSPS) is 26.2. The van der Waals surface area contributed by atoms with Gasteiger partial charge < -0.3 is 15.2 Å². The molecule has 5 heteroatoms. The van der Waals surface area contributed by atoms with Crippen LogP contribution in [0.1, 0.15) is 52.4 Å². The minimum Gasteiger partial charge on any atom is -0.481 e. The minimum absolute atomic E-state index is 0.0797. The van der Waals surface area contributed by atoms with Gasteiger partial charge in [-0.25, -0.2) is 0 Å². The third kappa shape index (κ3) is 5.12. The Kier molecular flexibility index (Phi) is 6.99. The van der Waals surface area contributed by atoms with E-state index in [4.69, 9.17) is 4.74 Å². The van der Waals surface area contributed by atoms with Crippen molar-refractivity contribution in [3.63, 3.8) is 0 Å². The van der Waals surface area contributed by atoms with Crippen molar-refractivity contribution in [3.05, 3.63) is 0 Å². The minimum atomic E-state index is -0.779. The number of carboxylic acid groups (broad SMARTS) is 1. The van der Waals surface area contributed by atoms with Crippen LogP contribution in [0.5, 0.6) is 0 Å².